The number of ether oxygens (including phenoxy) is 3. The van der Waals surface area contributed by atoms with Gasteiger partial charge < -0.3 is 19.5 Å². The van der Waals surface area contributed by atoms with E-state index in [2.05, 4.69) is 5.32 Å². The predicted octanol–water partition coefficient (Wildman–Crippen LogP) is 3.06. The molecule has 1 heterocycles. The molecule has 0 fully saturated rings. The van der Waals surface area contributed by atoms with E-state index in [0.717, 1.165) is 16.9 Å². The molecule has 0 spiro atoms. The molecule has 0 aliphatic rings. The summed E-state index contributed by atoms with van der Waals surface area (Å²) in [4.78, 5) is 49.2. The first-order valence-electron chi connectivity index (χ1n) is 10.7. The topological polar surface area (TPSA) is 142 Å². The van der Waals surface area contributed by atoms with Crippen LogP contribution in [0.15, 0.2) is 29.2 Å². The average molecular weight is 526 g/mol. The summed E-state index contributed by atoms with van der Waals surface area (Å²) in [6.45, 7) is 6.10. The summed E-state index contributed by atoms with van der Waals surface area (Å²) in [5, 5.41) is 2.49. The second-order valence-electron chi connectivity index (χ2n) is 7.29. The number of aryl methyl sites for hydroxylation is 1. The Bertz CT molecular complexity index is 1200. The number of benzene rings is 1. The Hall–Kier alpha value is -3.25. The molecule has 2 rings (SSSR count). The predicted molar refractivity (Wildman–Crippen MR) is 128 cm³/mol. The standard InChI is InChI=1S/C23H27NO9S2/c1-5-31-22(27)19-15(4)20(23(28)32-6-2)34-21(19)24-17(25)13-33-18(26)11-12-35(29,30)16-9-7-14(3)8-10-16/h7-10H,5-6,11-13H2,1-4H3,(H,24,25). The summed E-state index contributed by atoms with van der Waals surface area (Å²) in [6, 6.07) is 6.22. The third-order valence-corrected chi connectivity index (χ3v) is 7.58. The summed E-state index contributed by atoms with van der Waals surface area (Å²) in [6.07, 6.45) is -0.442. The maximum absolute atomic E-state index is 12.4. The number of esters is 3. The number of rotatable bonds is 11. The van der Waals surface area contributed by atoms with Crippen molar-refractivity contribution in [2.45, 2.75) is 39.0 Å². The van der Waals surface area contributed by atoms with Gasteiger partial charge in [-0.15, -0.1) is 11.3 Å². The fourth-order valence-corrected chi connectivity index (χ4v) is 5.23. The molecule has 2 aromatic rings. The van der Waals surface area contributed by atoms with Gasteiger partial charge in [-0.05, 0) is 45.4 Å². The van der Waals surface area contributed by atoms with Gasteiger partial charge in [-0.25, -0.2) is 18.0 Å². The first-order chi connectivity index (χ1) is 16.5. The number of anilines is 1. The summed E-state index contributed by atoms with van der Waals surface area (Å²) >= 11 is 0.836. The van der Waals surface area contributed by atoms with Crippen molar-refractivity contribution < 1.29 is 41.8 Å². The number of nitrogens with one attached hydrogen (secondary N) is 1. The van der Waals surface area contributed by atoms with Crippen LogP contribution in [0, 0.1) is 13.8 Å². The molecule has 10 nitrogen and oxygen atoms in total. The molecule has 0 aliphatic carbocycles. The van der Waals surface area contributed by atoms with Crippen LogP contribution in [0.2, 0.25) is 0 Å². The van der Waals surface area contributed by atoms with Crippen LogP contribution in [0.1, 0.15) is 51.4 Å². The molecule has 0 aliphatic heterocycles. The van der Waals surface area contributed by atoms with Crippen molar-refractivity contribution in [3.05, 3.63) is 45.8 Å². The molecule has 1 N–H and O–H groups in total. The molecule has 0 radical (unpaired) electrons. The van der Waals surface area contributed by atoms with Gasteiger partial charge >= 0.3 is 17.9 Å². The van der Waals surface area contributed by atoms with E-state index in [-0.39, 0.29) is 33.6 Å². The van der Waals surface area contributed by atoms with Crippen molar-refractivity contribution >= 4 is 50.0 Å². The average Bonchev–Trinajstić information content (AvgIpc) is 3.12. The van der Waals surface area contributed by atoms with E-state index >= 15 is 0 Å². The molecule has 190 valence electrons. The molecule has 0 saturated carbocycles. The monoisotopic (exact) mass is 525 g/mol. The molecule has 1 aromatic carbocycles. The van der Waals surface area contributed by atoms with Gasteiger partial charge in [0.1, 0.15) is 9.88 Å². The van der Waals surface area contributed by atoms with Crippen molar-refractivity contribution in [2.75, 3.05) is 30.9 Å². The number of thiophene rings is 1. The fourth-order valence-electron chi connectivity index (χ4n) is 2.90. The Kier molecular flexibility index (Phi) is 9.96. The lowest BCUT2D eigenvalue weighted by molar-refractivity contribution is -0.146. The second-order valence-corrected chi connectivity index (χ2v) is 10.4. The van der Waals surface area contributed by atoms with Gasteiger partial charge in [0.15, 0.2) is 16.4 Å². The molecule has 0 unspecified atom stereocenters. The van der Waals surface area contributed by atoms with Gasteiger partial charge in [0.2, 0.25) is 0 Å². The van der Waals surface area contributed by atoms with Gasteiger partial charge in [-0.1, -0.05) is 17.7 Å². The molecule has 12 heteroatoms. The van der Waals surface area contributed by atoms with E-state index in [0.29, 0.717) is 5.56 Å². The van der Waals surface area contributed by atoms with Crippen molar-refractivity contribution in [2.24, 2.45) is 0 Å². The Morgan fingerprint density at radius 3 is 2.11 bits per heavy atom. The van der Waals surface area contributed by atoms with Crippen LogP contribution in [-0.4, -0.2) is 57.8 Å². The molecular formula is C23H27NO9S2. The van der Waals surface area contributed by atoms with Gasteiger partial charge in [0, 0.05) is 0 Å². The van der Waals surface area contributed by atoms with Gasteiger partial charge in [-0.2, -0.15) is 0 Å². The van der Waals surface area contributed by atoms with Crippen LogP contribution in [-0.2, 0) is 33.6 Å². The SMILES string of the molecule is CCOC(=O)c1sc(NC(=O)COC(=O)CCS(=O)(=O)c2ccc(C)cc2)c(C(=O)OCC)c1C. The molecule has 0 atom stereocenters. The van der Waals surface area contributed by atoms with E-state index in [1.165, 1.54) is 19.1 Å². The Morgan fingerprint density at radius 2 is 1.51 bits per heavy atom. The zero-order valence-corrected chi connectivity index (χ0v) is 21.5. The van der Waals surface area contributed by atoms with E-state index in [1.54, 1.807) is 26.0 Å². The largest absolute Gasteiger partial charge is 0.462 e. The van der Waals surface area contributed by atoms with E-state index in [4.69, 9.17) is 14.2 Å². The lowest BCUT2D eigenvalue weighted by atomic mass is 10.1. The number of hydrogen-bond acceptors (Lipinski definition) is 10. The number of carbonyl (C=O) groups excluding carboxylic acids is 4. The van der Waals surface area contributed by atoms with Gasteiger partial charge in [0.05, 0.1) is 35.8 Å². The molecule has 0 saturated heterocycles. The van der Waals surface area contributed by atoms with Crippen LogP contribution < -0.4 is 5.32 Å². The van der Waals surface area contributed by atoms with Gasteiger partial charge in [0.25, 0.3) is 5.91 Å². The molecule has 0 bridgehead atoms. The normalized spacial score (nSPS) is 11.0. The van der Waals surface area contributed by atoms with Crippen LogP contribution in [0.5, 0.6) is 0 Å². The van der Waals surface area contributed by atoms with E-state index < -0.39 is 52.4 Å². The molecule has 35 heavy (non-hydrogen) atoms. The minimum Gasteiger partial charge on any atom is -0.462 e. The highest BCUT2D eigenvalue weighted by Gasteiger charge is 2.27. The van der Waals surface area contributed by atoms with Crippen molar-refractivity contribution in [1.82, 2.24) is 0 Å². The third kappa shape index (κ3) is 7.62. The Labute approximate surface area is 207 Å². The highest BCUT2D eigenvalue weighted by atomic mass is 32.2. The summed E-state index contributed by atoms with van der Waals surface area (Å²) < 4.78 is 39.6. The number of sulfone groups is 1. The van der Waals surface area contributed by atoms with Crippen molar-refractivity contribution in [1.29, 1.82) is 0 Å². The first kappa shape index (κ1) is 28.0. The number of hydrogen-bond donors (Lipinski definition) is 1. The van der Waals surface area contributed by atoms with Crippen molar-refractivity contribution in [3.8, 4) is 0 Å². The summed E-state index contributed by atoms with van der Waals surface area (Å²) in [5.74, 6) is -3.51. The highest BCUT2D eigenvalue weighted by molar-refractivity contribution is 7.91. The van der Waals surface area contributed by atoms with E-state index in [9.17, 15) is 27.6 Å². The number of carbonyl (C=O) groups is 4. The lowest BCUT2D eigenvalue weighted by Gasteiger charge is -2.08. The minimum atomic E-state index is -3.69. The van der Waals surface area contributed by atoms with Crippen LogP contribution in [0.25, 0.3) is 0 Å². The van der Waals surface area contributed by atoms with Crippen molar-refractivity contribution in [3.63, 3.8) is 0 Å². The smallest absolute Gasteiger partial charge is 0.348 e. The number of amides is 1. The Morgan fingerprint density at radius 1 is 0.914 bits per heavy atom. The fraction of sp³-hybridized carbons (Fsp3) is 0.391. The maximum atomic E-state index is 12.4. The quantitative estimate of drug-likeness (QED) is 0.346. The van der Waals surface area contributed by atoms with E-state index in [1.807, 2.05) is 6.92 Å². The summed E-state index contributed by atoms with van der Waals surface area (Å²) in [5.41, 5.74) is 1.19. The van der Waals surface area contributed by atoms with Gasteiger partial charge in [-0.3, -0.25) is 9.59 Å². The van der Waals surface area contributed by atoms with Crippen LogP contribution in [0.3, 0.4) is 0 Å². The zero-order valence-electron chi connectivity index (χ0n) is 19.8. The third-order valence-electron chi connectivity index (χ3n) is 4.66. The Balaban J connectivity index is 2.01. The second kappa shape index (κ2) is 12.5. The first-order valence-corrected chi connectivity index (χ1v) is 13.2. The highest BCUT2D eigenvalue weighted by Crippen LogP contribution is 2.34. The molecule has 1 amide bonds. The summed E-state index contributed by atoms with van der Waals surface area (Å²) in [7, 11) is -3.69. The van der Waals surface area contributed by atoms with Crippen LogP contribution in [0.4, 0.5) is 5.00 Å². The minimum absolute atomic E-state index is 0.00349. The lowest BCUT2D eigenvalue weighted by Crippen LogP contribution is -2.22. The maximum Gasteiger partial charge on any atom is 0.348 e. The van der Waals surface area contributed by atoms with Crippen LogP contribution >= 0.6 is 11.3 Å². The zero-order chi connectivity index (χ0) is 26.2. The molecule has 1 aromatic heterocycles. The molecular weight excluding hydrogens is 498 g/mol.